The second-order valence-electron chi connectivity index (χ2n) is 3.54. The zero-order chi connectivity index (χ0) is 11.1. The van der Waals surface area contributed by atoms with Gasteiger partial charge in [0.05, 0.1) is 6.42 Å². The Labute approximate surface area is 94.9 Å². The lowest BCUT2D eigenvalue weighted by Gasteiger charge is -2.14. The molecular formula is C12H15ClO2. The first kappa shape index (κ1) is 12.1. The third-order valence-corrected chi connectivity index (χ3v) is 2.65. The van der Waals surface area contributed by atoms with Gasteiger partial charge in [0.25, 0.3) is 0 Å². The van der Waals surface area contributed by atoms with Crippen molar-refractivity contribution in [3.05, 3.63) is 35.9 Å². The van der Waals surface area contributed by atoms with Crippen LogP contribution in [0.3, 0.4) is 0 Å². The summed E-state index contributed by atoms with van der Waals surface area (Å²) < 4.78 is 0. The summed E-state index contributed by atoms with van der Waals surface area (Å²) in [5.41, 5.74) is 1.09. The number of benzene rings is 1. The molecule has 0 radical (unpaired) electrons. The molecule has 0 fully saturated rings. The first-order valence-electron chi connectivity index (χ1n) is 5.06. The molecule has 1 aromatic carbocycles. The summed E-state index contributed by atoms with van der Waals surface area (Å²) in [5.74, 6) is -0.0796. The number of rotatable bonds is 6. The van der Waals surface area contributed by atoms with Crippen molar-refractivity contribution in [1.29, 1.82) is 0 Å². The van der Waals surface area contributed by atoms with Gasteiger partial charge >= 0.3 is 5.97 Å². The van der Waals surface area contributed by atoms with Crippen molar-refractivity contribution >= 4 is 17.6 Å². The Morgan fingerprint density at radius 2 is 2.00 bits per heavy atom. The van der Waals surface area contributed by atoms with Gasteiger partial charge in [-0.25, -0.2) is 0 Å². The molecule has 15 heavy (non-hydrogen) atoms. The Bertz CT molecular complexity index is 298. The van der Waals surface area contributed by atoms with Gasteiger partial charge in [0.15, 0.2) is 0 Å². The zero-order valence-electron chi connectivity index (χ0n) is 8.53. The number of hydrogen-bond donors (Lipinski definition) is 1. The molecule has 1 rings (SSSR count). The van der Waals surface area contributed by atoms with Crippen LogP contribution in [-0.2, 0) is 4.79 Å². The van der Waals surface area contributed by atoms with Crippen molar-refractivity contribution in [2.24, 2.45) is 0 Å². The lowest BCUT2D eigenvalue weighted by atomic mass is 9.91. The Morgan fingerprint density at radius 3 is 2.53 bits per heavy atom. The Morgan fingerprint density at radius 1 is 1.33 bits per heavy atom. The van der Waals surface area contributed by atoms with Gasteiger partial charge in [-0.2, -0.15) is 0 Å². The number of aliphatic carboxylic acids is 1. The van der Waals surface area contributed by atoms with Crippen LogP contribution < -0.4 is 0 Å². The lowest BCUT2D eigenvalue weighted by molar-refractivity contribution is -0.137. The van der Waals surface area contributed by atoms with E-state index < -0.39 is 5.97 Å². The number of carboxylic acid groups (broad SMARTS) is 1. The fraction of sp³-hybridized carbons (Fsp3) is 0.417. The summed E-state index contributed by atoms with van der Waals surface area (Å²) in [6, 6.07) is 9.75. The lowest BCUT2D eigenvalue weighted by Crippen LogP contribution is -2.06. The van der Waals surface area contributed by atoms with Crippen LogP contribution in [-0.4, -0.2) is 17.0 Å². The number of hydrogen-bond acceptors (Lipinski definition) is 1. The monoisotopic (exact) mass is 226 g/mol. The first-order valence-corrected chi connectivity index (χ1v) is 5.60. The molecule has 1 N–H and O–H groups in total. The summed E-state index contributed by atoms with van der Waals surface area (Å²) >= 11 is 5.62. The van der Waals surface area contributed by atoms with Crippen LogP contribution in [0.4, 0.5) is 0 Å². The molecule has 1 atom stereocenters. The molecule has 0 aliphatic rings. The minimum absolute atomic E-state index is 0.0856. The fourth-order valence-electron chi connectivity index (χ4n) is 1.65. The maximum absolute atomic E-state index is 10.7. The van der Waals surface area contributed by atoms with Crippen LogP contribution in [0, 0.1) is 0 Å². The predicted molar refractivity (Wildman–Crippen MR) is 61.4 cm³/mol. The van der Waals surface area contributed by atoms with Crippen LogP contribution in [0.2, 0.25) is 0 Å². The Hall–Kier alpha value is -1.02. The molecule has 3 heteroatoms. The number of alkyl halides is 1. The number of halogens is 1. The number of carboxylic acids is 1. The van der Waals surface area contributed by atoms with Crippen LogP contribution in [0.25, 0.3) is 0 Å². The molecule has 1 unspecified atom stereocenters. The predicted octanol–water partition coefficient (Wildman–Crippen LogP) is 3.26. The zero-order valence-corrected chi connectivity index (χ0v) is 9.28. The number of carbonyl (C=O) groups is 1. The molecule has 0 spiro atoms. The highest BCUT2D eigenvalue weighted by atomic mass is 35.5. The maximum Gasteiger partial charge on any atom is 0.303 e. The van der Waals surface area contributed by atoms with E-state index in [4.69, 9.17) is 16.7 Å². The molecule has 0 saturated heterocycles. The van der Waals surface area contributed by atoms with Crippen molar-refractivity contribution < 1.29 is 9.90 Å². The van der Waals surface area contributed by atoms with Gasteiger partial charge in [0.1, 0.15) is 0 Å². The van der Waals surface area contributed by atoms with Gasteiger partial charge in [-0.15, -0.1) is 11.6 Å². The quantitative estimate of drug-likeness (QED) is 0.756. The van der Waals surface area contributed by atoms with Crippen molar-refractivity contribution in [3.63, 3.8) is 0 Å². The van der Waals surface area contributed by atoms with Crippen LogP contribution in [0.15, 0.2) is 30.3 Å². The minimum atomic E-state index is -0.751. The molecule has 0 bridgehead atoms. The topological polar surface area (TPSA) is 37.3 Å². The molecule has 0 aliphatic heterocycles. The third kappa shape index (κ3) is 4.34. The SMILES string of the molecule is O=C(O)CC(CCCCl)c1ccccc1. The van der Waals surface area contributed by atoms with E-state index in [9.17, 15) is 4.79 Å². The fourth-order valence-corrected chi connectivity index (χ4v) is 1.80. The molecule has 0 saturated carbocycles. The summed E-state index contributed by atoms with van der Waals surface area (Å²) in [6.07, 6.45) is 1.87. The van der Waals surface area contributed by atoms with Crippen LogP contribution in [0.5, 0.6) is 0 Å². The summed E-state index contributed by atoms with van der Waals surface area (Å²) in [6.45, 7) is 0. The van der Waals surface area contributed by atoms with E-state index >= 15 is 0 Å². The van der Waals surface area contributed by atoms with Crippen LogP contribution in [0.1, 0.15) is 30.7 Å². The molecule has 2 nitrogen and oxygen atoms in total. The van der Waals surface area contributed by atoms with E-state index in [1.807, 2.05) is 30.3 Å². The third-order valence-electron chi connectivity index (χ3n) is 2.38. The smallest absolute Gasteiger partial charge is 0.303 e. The van der Waals surface area contributed by atoms with Crippen LogP contribution >= 0.6 is 11.6 Å². The molecule has 0 aromatic heterocycles. The Kier molecular flexibility index (Phi) is 5.19. The molecule has 0 heterocycles. The second-order valence-corrected chi connectivity index (χ2v) is 3.91. The van der Waals surface area contributed by atoms with E-state index in [2.05, 4.69) is 0 Å². The van der Waals surface area contributed by atoms with Gasteiger partial charge in [0, 0.05) is 5.88 Å². The Balaban J connectivity index is 2.67. The van der Waals surface area contributed by atoms with Gasteiger partial charge < -0.3 is 5.11 Å². The van der Waals surface area contributed by atoms with E-state index in [-0.39, 0.29) is 12.3 Å². The summed E-state index contributed by atoms with van der Waals surface area (Å²) in [7, 11) is 0. The van der Waals surface area contributed by atoms with Crippen molar-refractivity contribution in [3.8, 4) is 0 Å². The largest absolute Gasteiger partial charge is 0.481 e. The summed E-state index contributed by atoms with van der Waals surface area (Å²) in [5, 5.41) is 8.81. The highest BCUT2D eigenvalue weighted by Gasteiger charge is 2.14. The molecule has 1 aromatic rings. The van der Waals surface area contributed by atoms with E-state index in [0.717, 1.165) is 18.4 Å². The highest BCUT2D eigenvalue weighted by Crippen LogP contribution is 2.24. The standard InChI is InChI=1S/C12H15ClO2/c13-8-4-7-11(9-12(14)15)10-5-2-1-3-6-10/h1-3,5-6,11H,4,7-9H2,(H,14,15). The molecule has 82 valence electrons. The maximum atomic E-state index is 10.7. The minimum Gasteiger partial charge on any atom is -0.481 e. The molecule has 0 amide bonds. The van der Waals surface area contributed by atoms with Gasteiger partial charge in [-0.1, -0.05) is 30.3 Å². The average Bonchev–Trinajstić information content (AvgIpc) is 2.25. The van der Waals surface area contributed by atoms with E-state index in [1.54, 1.807) is 0 Å². The van der Waals surface area contributed by atoms with Gasteiger partial charge in [-0.3, -0.25) is 4.79 Å². The second kappa shape index (κ2) is 6.46. The first-order chi connectivity index (χ1) is 7.24. The van der Waals surface area contributed by atoms with Crippen molar-refractivity contribution in [1.82, 2.24) is 0 Å². The van der Waals surface area contributed by atoms with Gasteiger partial charge in [0.2, 0.25) is 0 Å². The van der Waals surface area contributed by atoms with E-state index in [1.165, 1.54) is 0 Å². The molecule has 0 aliphatic carbocycles. The molecular weight excluding hydrogens is 212 g/mol. The van der Waals surface area contributed by atoms with Crippen molar-refractivity contribution in [2.75, 3.05) is 5.88 Å². The van der Waals surface area contributed by atoms with E-state index in [0.29, 0.717) is 5.88 Å². The normalized spacial score (nSPS) is 12.3. The highest BCUT2D eigenvalue weighted by molar-refractivity contribution is 6.17. The average molecular weight is 227 g/mol. The van der Waals surface area contributed by atoms with Crippen molar-refractivity contribution in [2.45, 2.75) is 25.2 Å². The van der Waals surface area contributed by atoms with Gasteiger partial charge in [-0.05, 0) is 24.3 Å². The summed E-state index contributed by atoms with van der Waals surface area (Å²) in [4.78, 5) is 10.7.